The fourth-order valence-corrected chi connectivity index (χ4v) is 3.22. The van der Waals surface area contributed by atoms with Crippen LogP contribution in [0.25, 0.3) is 0 Å². The first kappa shape index (κ1) is 16.8. The highest BCUT2D eigenvalue weighted by Crippen LogP contribution is 2.19. The summed E-state index contributed by atoms with van der Waals surface area (Å²) in [5, 5.41) is 11.9. The number of carbonyl (C=O) groups excluding carboxylic acids is 1. The number of H-pyrrole nitrogens is 1. The van der Waals surface area contributed by atoms with Crippen molar-refractivity contribution in [1.29, 1.82) is 5.26 Å². The summed E-state index contributed by atoms with van der Waals surface area (Å²) < 4.78 is 0. The van der Waals surface area contributed by atoms with E-state index >= 15 is 0 Å². The minimum atomic E-state index is -0.363. The SMILES string of the molecule is Cc1[nH]c(=O)c(C#N)c(C)c1CSCC(=O)Nc1ccccc1. The van der Waals surface area contributed by atoms with Crippen LogP contribution in [0, 0.1) is 25.2 Å². The highest BCUT2D eigenvalue weighted by Gasteiger charge is 2.12. The fraction of sp³-hybridized carbons (Fsp3) is 0.235. The van der Waals surface area contributed by atoms with Gasteiger partial charge in [0.25, 0.3) is 5.56 Å². The summed E-state index contributed by atoms with van der Waals surface area (Å²) >= 11 is 1.44. The molecule has 1 aromatic heterocycles. The maximum atomic E-state index is 11.9. The van der Waals surface area contributed by atoms with E-state index < -0.39 is 0 Å². The zero-order chi connectivity index (χ0) is 16.8. The van der Waals surface area contributed by atoms with Crippen LogP contribution in [0.2, 0.25) is 0 Å². The third-order valence-electron chi connectivity index (χ3n) is 3.46. The normalized spacial score (nSPS) is 10.1. The molecular formula is C17H17N3O2S. The topological polar surface area (TPSA) is 85.8 Å². The number of benzene rings is 1. The van der Waals surface area contributed by atoms with Crippen LogP contribution in [-0.4, -0.2) is 16.6 Å². The molecule has 0 unspecified atom stereocenters. The summed E-state index contributed by atoms with van der Waals surface area (Å²) in [7, 11) is 0. The van der Waals surface area contributed by atoms with E-state index in [9.17, 15) is 9.59 Å². The molecule has 0 fully saturated rings. The van der Waals surface area contributed by atoms with Gasteiger partial charge in [-0.1, -0.05) is 18.2 Å². The summed E-state index contributed by atoms with van der Waals surface area (Å²) in [6.45, 7) is 3.57. The summed E-state index contributed by atoms with van der Waals surface area (Å²) in [5.41, 5.74) is 2.87. The molecule has 0 spiro atoms. The molecule has 5 nitrogen and oxygen atoms in total. The molecule has 118 valence electrons. The Bertz CT molecular complexity index is 807. The molecule has 2 aromatic rings. The minimum absolute atomic E-state index is 0.0820. The second-order valence-corrected chi connectivity index (χ2v) is 6.06. The van der Waals surface area contributed by atoms with Crippen LogP contribution in [-0.2, 0) is 10.5 Å². The third kappa shape index (κ3) is 4.24. The number of rotatable bonds is 5. The van der Waals surface area contributed by atoms with Crippen LogP contribution in [0.5, 0.6) is 0 Å². The molecular weight excluding hydrogens is 310 g/mol. The van der Waals surface area contributed by atoms with Crippen molar-refractivity contribution >= 4 is 23.4 Å². The number of anilines is 1. The maximum Gasteiger partial charge on any atom is 0.266 e. The van der Waals surface area contributed by atoms with E-state index in [0.29, 0.717) is 17.1 Å². The first-order valence-corrected chi connectivity index (χ1v) is 8.23. The van der Waals surface area contributed by atoms with E-state index in [-0.39, 0.29) is 17.0 Å². The minimum Gasteiger partial charge on any atom is -0.325 e. The predicted molar refractivity (Wildman–Crippen MR) is 92.5 cm³/mol. The van der Waals surface area contributed by atoms with Crippen molar-refractivity contribution < 1.29 is 4.79 Å². The van der Waals surface area contributed by atoms with Gasteiger partial charge in [0.05, 0.1) is 5.75 Å². The molecule has 0 aliphatic heterocycles. The van der Waals surface area contributed by atoms with Crippen LogP contribution < -0.4 is 10.9 Å². The number of nitrogens with zero attached hydrogens (tertiary/aromatic N) is 1. The zero-order valence-corrected chi connectivity index (χ0v) is 13.8. The summed E-state index contributed by atoms with van der Waals surface area (Å²) in [5.74, 6) is 0.779. The number of para-hydroxylation sites is 1. The number of aromatic nitrogens is 1. The van der Waals surface area contributed by atoms with Crippen LogP contribution in [0.1, 0.15) is 22.4 Å². The second kappa shape index (κ2) is 7.65. The van der Waals surface area contributed by atoms with Crippen molar-refractivity contribution in [2.24, 2.45) is 0 Å². The van der Waals surface area contributed by atoms with Crippen molar-refractivity contribution in [1.82, 2.24) is 4.98 Å². The van der Waals surface area contributed by atoms with Gasteiger partial charge in [0.2, 0.25) is 5.91 Å². The number of aryl methyl sites for hydroxylation is 1. The number of nitriles is 1. The molecule has 0 atom stereocenters. The Labute approximate surface area is 138 Å². The van der Waals surface area contributed by atoms with Gasteiger partial charge in [-0.25, -0.2) is 0 Å². The third-order valence-corrected chi connectivity index (χ3v) is 4.42. The number of hydrogen-bond acceptors (Lipinski definition) is 4. The molecule has 0 saturated heterocycles. The molecule has 6 heteroatoms. The molecule has 2 rings (SSSR count). The highest BCUT2D eigenvalue weighted by molar-refractivity contribution is 7.99. The number of nitrogens with one attached hydrogen (secondary N) is 2. The van der Waals surface area contributed by atoms with Crippen molar-refractivity contribution in [3.8, 4) is 6.07 Å². The van der Waals surface area contributed by atoms with Crippen LogP contribution in [0.4, 0.5) is 5.69 Å². The Morgan fingerprint density at radius 3 is 2.65 bits per heavy atom. The Morgan fingerprint density at radius 2 is 2.00 bits per heavy atom. The molecule has 0 saturated carbocycles. The van der Waals surface area contributed by atoms with Gasteiger partial charge in [-0.3, -0.25) is 9.59 Å². The lowest BCUT2D eigenvalue weighted by molar-refractivity contribution is -0.113. The molecule has 0 aliphatic rings. The Hall–Kier alpha value is -2.52. The molecule has 23 heavy (non-hydrogen) atoms. The average molecular weight is 327 g/mol. The van der Waals surface area contributed by atoms with E-state index in [1.807, 2.05) is 36.4 Å². The first-order valence-electron chi connectivity index (χ1n) is 7.08. The fourth-order valence-electron chi connectivity index (χ4n) is 2.23. The number of aromatic amines is 1. The Kier molecular flexibility index (Phi) is 5.61. The molecule has 0 aliphatic carbocycles. The number of carbonyl (C=O) groups is 1. The van der Waals surface area contributed by atoms with Crippen molar-refractivity contribution in [2.45, 2.75) is 19.6 Å². The average Bonchev–Trinajstić information content (AvgIpc) is 2.51. The second-order valence-electron chi connectivity index (χ2n) is 5.08. The summed E-state index contributed by atoms with van der Waals surface area (Å²) in [6, 6.07) is 11.2. The van der Waals surface area contributed by atoms with Gasteiger partial charge in [0, 0.05) is 17.1 Å². The monoisotopic (exact) mass is 327 g/mol. The van der Waals surface area contributed by atoms with E-state index in [4.69, 9.17) is 5.26 Å². The number of hydrogen-bond donors (Lipinski definition) is 2. The predicted octanol–water partition coefficient (Wildman–Crippen LogP) is 2.74. The smallest absolute Gasteiger partial charge is 0.266 e. The zero-order valence-electron chi connectivity index (χ0n) is 13.0. The van der Waals surface area contributed by atoms with E-state index in [2.05, 4.69) is 10.3 Å². The molecule has 2 N–H and O–H groups in total. The molecule has 1 heterocycles. The Morgan fingerprint density at radius 1 is 1.30 bits per heavy atom. The van der Waals surface area contributed by atoms with Gasteiger partial charge in [-0.05, 0) is 37.1 Å². The summed E-state index contributed by atoms with van der Waals surface area (Å²) in [6.07, 6.45) is 0. The van der Waals surface area contributed by atoms with E-state index in [1.54, 1.807) is 13.8 Å². The standard InChI is InChI=1S/C17H17N3O2S/c1-11-14(8-18)17(22)19-12(2)15(11)9-23-10-16(21)20-13-6-4-3-5-7-13/h3-7H,9-10H2,1-2H3,(H,19,22)(H,20,21). The van der Waals surface area contributed by atoms with Crippen LogP contribution >= 0.6 is 11.8 Å². The molecule has 0 bridgehead atoms. The molecule has 0 radical (unpaired) electrons. The van der Waals surface area contributed by atoms with Gasteiger partial charge in [-0.2, -0.15) is 5.26 Å². The lowest BCUT2D eigenvalue weighted by atomic mass is 10.1. The van der Waals surface area contributed by atoms with Crippen molar-refractivity contribution in [3.63, 3.8) is 0 Å². The van der Waals surface area contributed by atoms with E-state index in [1.165, 1.54) is 11.8 Å². The molecule has 1 amide bonds. The van der Waals surface area contributed by atoms with Gasteiger partial charge in [0.1, 0.15) is 11.6 Å². The maximum absolute atomic E-state index is 11.9. The lowest BCUT2D eigenvalue weighted by Crippen LogP contribution is -2.17. The first-order chi connectivity index (χ1) is 11.0. The van der Waals surface area contributed by atoms with Gasteiger partial charge in [-0.15, -0.1) is 11.8 Å². The number of thioether (sulfide) groups is 1. The quantitative estimate of drug-likeness (QED) is 0.884. The number of pyridine rings is 1. The largest absolute Gasteiger partial charge is 0.325 e. The van der Waals surface area contributed by atoms with Gasteiger partial charge < -0.3 is 10.3 Å². The van der Waals surface area contributed by atoms with Crippen LogP contribution in [0.15, 0.2) is 35.1 Å². The van der Waals surface area contributed by atoms with Gasteiger partial charge >= 0.3 is 0 Å². The number of amides is 1. The Balaban J connectivity index is 1.98. The van der Waals surface area contributed by atoms with Crippen LogP contribution in [0.3, 0.4) is 0 Å². The van der Waals surface area contributed by atoms with Crippen molar-refractivity contribution in [2.75, 3.05) is 11.1 Å². The summed E-state index contributed by atoms with van der Waals surface area (Å²) in [4.78, 5) is 26.3. The highest BCUT2D eigenvalue weighted by atomic mass is 32.2. The molecule has 1 aromatic carbocycles. The lowest BCUT2D eigenvalue weighted by Gasteiger charge is -2.10. The van der Waals surface area contributed by atoms with Gasteiger partial charge in [0.15, 0.2) is 0 Å². The van der Waals surface area contributed by atoms with E-state index in [0.717, 1.165) is 16.9 Å². The van der Waals surface area contributed by atoms with Crippen molar-refractivity contribution in [3.05, 3.63) is 63.1 Å².